The summed E-state index contributed by atoms with van der Waals surface area (Å²) in [6.07, 6.45) is 8.63. The molecule has 0 aromatic carbocycles. The molecule has 1 saturated heterocycles. The van der Waals surface area contributed by atoms with Crippen molar-refractivity contribution in [3.05, 3.63) is 24.0 Å². The molecule has 4 heterocycles. The first-order chi connectivity index (χ1) is 13.4. The average molecular weight is 403 g/mol. The average Bonchev–Trinajstić information content (AvgIpc) is 3.33. The van der Waals surface area contributed by atoms with Crippen LogP contribution in [0.15, 0.2) is 18.5 Å². The van der Waals surface area contributed by atoms with E-state index in [1.807, 2.05) is 19.2 Å². The molecule has 2 aromatic rings. The second kappa shape index (κ2) is 6.29. The zero-order chi connectivity index (χ0) is 19.6. The number of H-pyrrole nitrogens is 1. The highest BCUT2D eigenvalue weighted by Crippen LogP contribution is 2.58. The molecular formula is C19H26BN3O4S. The van der Waals surface area contributed by atoms with Crippen LogP contribution in [0, 0.1) is 5.41 Å². The molecule has 28 heavy (non-hydrogen) atoms. The number of sulfonamides is 1. The third-order valence-corrected chi connectivity index (χ3v) is 9.11. The van der Waals surface area contributed by atoms with Gasteiger partial charge in [0, 0.05) is 36.3 Å². The van der Waals surface area contributed by atoms with E-state index in [0.29, 0.717) is 19.5 Å². The fraction of sp³-hybridized carbons (Fsp3) is 0.632. The van der Waals surface area contributed by atoms with E-state index in [1.54, 1.807) is 10.5 Å². The van der Waals surface area contributed by atoms with Crippen LogP contribution in [0.4, 0.5) is 0 Å². The monoisotopic (exact) mass is 403 g/mol. The van der Waals surface area contributed by atoms with Crippen LogP contribution >= 0.6 is 0 Å². The molecule has 1 atom stereocenters. The van der Waals surface area contributed by atoms with Crippen LogP contribution in [0.25, 0.3) is 11.0 Å². The van der Waals surface area contributed by atoms with Gasteiger partial charge >= 0.3 is 7.12 Å². The molecule has 1 aliphatic carbocycles. The lowest BCUT2D eigenvalue weighted by Gasteiger charge is -2.40. The van der Waals surface area contributed by atoms with Crippen LogP contribution in [0.1, 0.15) is 51.0 Å². The van der Waals surface area contributed by atoms with Crippen molar-refractivity contribution in [2.75, 3.05) is 18.8 Å². The van der Waals surface area contributed by atoms with E-state index >= 15 is 0 Å². The van der Waals surface area contributed by atoms with E-state index in [2.05, 4.69) is 9.97 Å². The molecular weight excluding hydrogens is 377 g/mol. The molecule has 1 saturated carbocycles. The van der Waals surface area contributed by atoms with E-state index in [1.165, 1.54) is 0 Å². The number of rotatable bonds is 3. The van der Waals surface area contributed by atoms with E-state index in [-0.39, 0.29) is 11.2 Å². The summed E-state index contributed by atoms with van der Waals surface area (Å²) in [6, 6.07) is 2.01. The van der Waals surface area contributed by atoms with Gasteiger partial charge in [-0.2, -0.15) is 0 Å². The minimum atomic E-state index is -3.14. The highest BCUT2D eigenvalue weighted by molar-refractivity contribution is 7.89. The summed E-state index contributed by atoms with van der Waals surface area (Å²) >= 11 is 0. The van der Waals surface area contributed by atoms with Gasteiger partial charge in [-0.25, -0.2) is 17.7 Å². The van der Waals surface area contributed by atoms with Crippen molar-refractivity contribution in [2.45, 2.75) is 51.0 Å². The van der Waals surface area contributed by atoms with Gasteiger partial charge in [0.15, 0.2) is 0 Å². The number of fused-ring (bicyclic) bond motifs is 4. The van der Waals surface area contributed by atoms with Gasteiger partial charge in [0.25, 0.3) is 0 Å². The molecule has 2 aliphatic heterocycles. The minimum absolute atomic E-state index is 0.0749. The van der Waals surface area contributed by atoms with E-state index in [4.69, 9.17) is 4.65 Å². The Balaban J connectivity index is 1.43. The number of piperidine rings is 1. The van der Waals surface area contributed by atoms with Crippen LogP contribution < -0.4 is 5.46 Å². The van der Waals surface area contributed by atoms with Gasteiger partial charge < -0.3 is 14.7 Å². The summed E-state index contributed by atoms with van der Waals surface area (Å²) in [5.74, 6) is 0.227. The van der Waals surface area contributed by atoms with Gasteiger partial charge in [-0.3, -0.25) is 0 Å². The molecule has 2 spiro atoms. The first kappa shape index (κ1) is 18.6. The van der Waals surface area contributed by atoms with Crippen LogP contribution in [-0.2, 0) is 20.3 Å². The Kier molecular flexibility index (Phi) is 4.18. The number of nitrogens with one attached hydrogen (secondary N) is 1. The maximum atomic E-state index is 12.4. The van der Waals surface area contributed by atoms with Crippen LogP contribution in [-0.4, -0.2) is 53.7 Å². The standard InChI is InChI=1S/C19H26BN3O4S/c1-2-11-28(25,26)23-9-6-18(7-10-23)4-5-19(13-18)16-14-3-8-21-17(14)22-12-15(16)20(24)27-19/h3,8,12,24H,2,4-7,9-11,13H2,1H3,(H,21,22). The molecule has 0 radical (unpaired) electrons. The van der Waals surface area contributed by atoms with Crippen molar-refractivity contribution < 1.29 is 18.1 Å². The van der Waals surface area contributed by atoms with Crippen molar-refractivity contribution in [3.63, 3.8) is 0 Å². The van der Waals surface area contributed by atoms with E-state index < -0.39 is 22.7 Å². The molecule has 150 valence electrons. The lowest BCUT2D eigenvalue weighted by atomic mass is 9.74. The molecule has 7 nitrogen and oxygen atoms in total. The zero-order valence-electron chi connectivity index (χ0n) is 16.1. The van der Waals surface area contributed by atoms with Gasteiger partial charge in [-0.1, -0.05) is 6.92 Å². The van der Waals surface area contributed by atoms with Crippen LogP contribution in [0.5, 0.6) is 0 Å². The van der Waals surface area contributed by atoms with Crippen molar-refractivity contribution in [1.82, 2.24) is 14.3 Å². The normalized spacial score (nSPS) is 27.3. The first-order valence-electron chi connectivity index (χ1n) is 10.2. The summed E-state index contributed by atoms with van der Waals surface area (Å²) in [6.45, 7) is 3.08. The zero-order valence-corrected chi connectivity index (χ0v) is 17.0. The van der Waals surface area contributed by atoms with Crippen LogP contribution in [0.3, 0.4) is 0 Å². The Morgan fingerprint density at radius 1 is 1.32 bits per heavy atom. The molecule has 2 N–H and O–H groups in total. The van der Waals surface area contributed by atoms with Crippen molar-refractivity contribution >= 4 is 33.6 Å². The Labute approximate surface area is 165 Å². The van der Waals surface area contributed by atoms with Gasteiger partial charge in [0.1, 0.15) is 5.65 Å². The van der Waals surface area contributed by atoms with Gasteiger partial charge in [-0.15, -0.1) is 0 Å². The van der Waals surface area contributed by atoms with Gasteiger partial charge in [0.05, 0.1) is 11.4 Å². The summed E-state index contributed by atoms with van der Waals surface area (Å²) in [5.41, 5.74) is 2.24. The lowest BCUT2D eigenvalue weighted by molar-refractivity contribution is 0.0432. The fourth-order valence-corrected chi connectivity index (χ4v) is 7.18. The molecule has 2 fully saturated rings. The predicted molar refractivity (Wildman–Crippen MR) is 108 cm³/mol. The Hall–Kier alpha value is -1.42. The van der Waals surface area contributed by atoms with Gasteiger partial charge in [-0.05, 0) is 55.6 Å². The molecule has 0 bridgehead atoms. The van der Waals surface area contributed by atoms with E-state index in [0.717, 1.165) is 54.2 Å². The number of nitrogens with zero attached hydrogens (tertiary/aromatic N) is 2. The topological polar surface area (TPSA) is 95.5 Å². The largest absolute Gasteiger partial charge is 0.493 e. The Bertz CT molecular complexity index is 1020. The van der Waals surface area contributed by atoms with Crippen LogP contribution in [0.2, 0.25) is 0 Å². The summed E-state index contributed by atoms with van der Waals surface area (Å²) in [5, 5.41) is 11.6. The summed E-state index contributed by atoms with van der Waals surface area (Å²) < 4.78 is 32.7. The molecule has 2 aromatic heterocycles. The SMILES string of the molecule is CCCS(=O)(=O)N1CCC2(CC1)CCC1(C2)OB(O)c2cnc3[nH]ccc3c21. The highest BCUT2D eigenvalue weighted by atomic mass is 32.2. The molecule has 9 heteroatoms. The smallest absolute Gasteiger partial charge is 0.423 e. The number of hydrogen-bond acceptors (Lipinski definition) is 5. The number of pyridine rings is 1. The van der Waals surface area contributed by atoms with Crippen molar-refractivity contribution in [2.24, 2.45) is 5.41 Å². The maximum absolute atomic E-state index is 12.4. The quantitative estimate of drug-likeness (QED) is 0.757. The third kappa shape index (κ3) is 2.67. The second-order valence-corrected chi connectivity index (χ2v) is 10.8. The molecule has 0 amide bonds. The number of aromatic nitrogens is 2. The minimum Gasteiger partial charge on any atom is -0.423 e. The number of aromatic amines is 1. The summed E-state index contributed by atoms with van der Waals surface area (Å²) in [7, 11) is -4.08. The first-order valence-corrected chi connectivity index (χ1v) is 11.8. The van der Waals surface area contributed by atoms with Gasteiger partial charge in [0.2, 0.25) is 10.0 Å². The molecule has 1 unspecified atom stereocenters. The Morgan fingerprint density at radius 3 is 2.86 bits per heavy atom. The lowest BCUT2D eigenvalue weighted by Crippen LogP contribution is -2.43. The van der Waals surface area contributed by atoms with Crippen molar-refractivity contribution in [1.29, 1.82) is 0 Å². The molecule has 3 aliphatic rings. The van der Waals surface area contributed by atoms with E-state index in [9.17, 15) is 13.4 Å². The maximum Gasteiger partial charge on any atom is 0.493 e. The van der Waals surface area contributed by atoms with Crippen molar-refractivity contribution in [3.8, 4) is 0 Å². The fourth-order valence-electron chi connectivity index (χ4n) is 5.67. The third-order valence-electron chi connectivity index (χ3n) is 7.03. The predicted octanol–water partition coefficient (Wildman–Crippen LogP) is 1.48. The molecule has 5 rings (SSSR count). The Morgan fingerprint density at radius 2 is 2.11 bits per heavy atom. The second-order valence-electron chi connectivity index (χ2n) is 8.68. The number of hydrogen-bond donors (Lipinski definition) is 2. The highest BCUT2D eigenvalue weighted by Gasteiger charge is 2.57. The summed E-state index contributed by atoms with van der Waals surface area (Å²) in [4.78, 5) is 7.56.